The summed E-state index contributed by atoms with van der Waals surface area (Å²) in [5.74, 6) is 0.825. The van der Waals surface area contributed by atoms with Crippen molar-refractivity contribution in [3.63, 3.8) is 0 Å². The number of anilines is 2. The summed E-state index contributed by atoms with van der Waals surface area (Å²) in [6.45, 7) is 5.43. The number of nitrogens with zero attached hydrogens (tertiary/aromatic N) is 3. The van der Waals surface area contributed by atoms with Crippen molar-refractivity contribution in [3.8, 4) is 5.75 Å². The molecule has 2 heterocycles. The first-order chi connectivity index (χ1) is 7.59. The second-order valence-electron chi connectivity index (χ2n) is 3.51. The molecule has 0 aliphatic heterocycles. The minimum absolute atomic E-state index is 0.216. The standard InChI is InChI=1S/C10H12N4O2/c1-5-6(2)9(12-7(3)8(5)15)13-10-14-11-4-16-10/h4,15H,1-3H3,(H,12,13,14). The number of hydrogen-bond acceptors (Lipinski definition) is 6. The molecule has 2 aromatic heterocycles. The van der Waals surface area contributed by atoms with Gasteiger partial charge in [0.15, 0.2) is 0 Å². The molecular weight excluding hydrogens is 208 g/mol. The molecule has 0 unspecified atom stereocenters. The van der Waals surface area contributed by atoms with Gasteiger partial charge in [-0.15, -0.1) is 5.10 Å². The van der Waals surface area contributed by atoms with E-state index in [1.54, 1.807) is 6.92 Å². The summed E-state index contributed by atoms with van der Waals surface area (Å²) in [6.07, 6.45) is 1.23. The molecule has 0 amide bonds. The van der Waals surface area contributed by atoms with Crippen LogP contribution < -0.4 is 5.32 Å². The van der Waals surface area contributed by atoms with Gasteiger partial charge in [0.1, 0.15) is 11.6 Å². The van der Waals surface area contributed by atoms with Crippen LogP contribution in [0.15, 0.2) is 10.8 Å². The fourth-order valence-electron chi connectivity index (χ4n) is 1.38. The number of pyridine rings is 1. The minimum Gasteiger partial charge on any atom is -0.506 e. The van der Waals surface area contributed by atoms with Gasteiger partial charge in [-0.1, -0.05) is 5.10 Å². The molecule has 0 aliphatic rings. The van der Waals surface area contributed by atoms with E-state index in [-0.39, 0.29) is 11.8 Å². The van der Waals surface area contributed by atoms with Gasteiger partial charge in [-0.05, 0) is 31.9 Å². The van der Waals surface area contributed by atoms with Gasteiger partial charge in [0, 0.05) is 0 Å². The number of rotatable bonds is 2. The Labute approximate surface area is 92.3 Å². The van der Waals surface area contributed by atoms with Crippen LogP contribution in [0.1, 0.15) is 16.8 Å². The second kappa shape index (κ2) is 3.80. The minimum atomic E-state index is 0.216. The van der Waals surface area contributed by atoms with Crippen molar-refractivity contribution in [3.05, 3.63) is 23.2 Å². The van der Waals surface area contributed by atoms with Crippen LogP contribution in [0.3, 0.4) is 0 Å². The van der Waals surface area contributed by atoms with Crippen molar-refractivity contribution in [2.24, 2.45) is 0 Å². The fraction of sp³-hybridized carbons (Fsp3) is 0.300. The number of hydrogen-bond donors (Lipinski definition) is 2. The zero-order valence-corrected chi connectivity index (χ0v) is 9.27. The maximum Gasteiger partial charge on any atom is 0.321 e. The molecule has 2 aromatic rings. The van der Waals surface area contributed by atoms with Crippen LogP contribution in [0, 0.1) is 20.8 Å². The van der Waals surface area contributed by atoms with E-state index in [0.29, 0.717) is 11.5 Å². The van der Waals surface area contributed by atoms with Gasteiger partial charge in [-0.3, -0.25) is 5.32 Å². The molecule has 0 spiro atoms. The lowest BCUT2D eigenvalue weighted by Gasteiger charge is -2.11. The predicted molar refractivity (Wildman–Crippen MR) is 57.7 cm³/mol. The number of aromatic nitrogens is 3. The van der Waals surface area contributed by atoms with Crippen LogP contribution in [0.5, 0.6) is 5.75 Å². The highest BCUT2D eigenvalue weighted by Crippen LogP contribution is 2.28. The van der Waals surface area contributed by atoms with Crippen molar-refractivity contribution in [1.82, 2.24) is 15.2 Å². The van der Waals surface area contributed by atoms with Crippen LogP contribution in [0.2, 0.25) is 0 Å². The average molecular weight is 220 g/mol. The largest absolute Gasteiger partial charge is 0.506 e. The van der Waals surface area contributed by atoms with E-state index in [1.165, 1.54) is 6.39 Å². The molecule has 16 heavy (non-hydrogen) atoms. The van der Waals surface area contributed by atoms with Gasteiger partial charge in [-0.2, -0.15) is 0 Å². The number of aromatic hydroxyl groups is 1. The van der Waals surface area contributed by atoms with Gasteiger partial charge in [-0.25, -0.2) is 4.98 Å². The lowest BCUT2D eigenvalue weighted by Crippen LogP contribution is -2.01. The molecule has 0 atom stereocenters. The zero-order chi connectivity index (χ0) is 11.7. The Morgan fingerprint density at radius 1 is 1.25 bits per heavy atom. The Kier molecular flexibility index (Phi) is 2.47. The molecule has 0 aliphatic carbocycles. The topological polar surface area (TPSA) is 84.1 Å². The van der Waals surface area contributed by atoms with E-state index in [9.17, 15) is 5.11 Å². The molecule has 2 rings (SSSR count). The van der Waals surface area contributed by atoms with Crippen LogP contribution in [-0.4, -0.2) is 20.3 Å². The van der Waals surface area contributed by atoms with E-state index in [2.05, 4.69) is 20.5 Å². The van der Waals surface area contributed by atoms with E-state index < -0.39 is 0 Å². The Morgan fingerprint density at radius 2 is 2.00 bits per heavy atom. The summed E-state index contributed by atoms with van der Waals surface area (Å²) in [4.78, 5) is 4.22. The zero-order valence-electron chi connectivity index (χ0n) is 9.27. The summed E-state index contributed by atoms with van der Waals surface area (Å²) in [6, 6.07) is 0.278. The molecule has 0 fully saturated rings. The van der Waals surface area contributed by atoms with E-state index in [1.807, 2.05) is 13.8 Å². The highest BCUT2D eigenvalue weighted by molar-refractivity contribution is 5.58. The van der Waals surface area contributed by atoms with Crippen LogP contribution in [0.25, 0.3) is 0 Å². The van der Waals surface area contributed by atoms with E-state index >= 15 is 0 Å². The molecule has 2 N–H and O–H groups in total. The molecule has 84 valence electrons. The van der Waals surface area contributed by atoms with Crippen molar-refractivity contribution < 1.29 is 9.52 Å². The Hall–Kier alpha value is -2.11. The number of nitrogens with one attached hydrogen (secondary N) is 1. The monoisotopic (exact) mass is 220 g/mol. The van der Waals surface area contributed by atoms with Gasteiger partial charge < -0.3 is 9.52 Å². The summed E-state index contributed by atoms with van der Waals surface area (Å²) in [5.41, 5.74) is 2.20. The van der Waals surface area contributed by atoms with Crippen molar-refractivity contribution in [1.29, 1.82) is 0 Å². The van der Waals surface area contributed by atoms with Crippen molar-refractivity contribution >= 4 is 11.8 Å². The normalized spacial score (nSPS) is 10.4. The Balaban J connectivity index is 2.42. The van der Waals surface area contributed by atoms with Gasteiger partial charge in [0.05, 0.1) is 5.69 Å². The Morgan fingerprint density at radius 3 is 2.62 bits per heavy atom. The Bertz CT molecular complexity index is 508. The van der Waals surface area contributed by atoms with Crippen molar-refractivity contribution in [2.75, 3.05) is 5.32 Å². The van der Waals surface area contributed by atoms with E-state index in [4.69, 9.17) is 4.42 Å². The quantitative estimate of drug-likeness (QED) is 0.803. The summed E-state index contributed by atoms with van der Waals surface area (Å²) in [5, 5.41) is 19.9. The number of aryl methyl sites for hydroxylation is 1. The first-order valence-electron chi connectivity index (χ1n) is 4.79. The fourth-order valence-corrected chi connectivity index (χ4v) is 1.38. The van der Waals surface area contributed by atoms with Crippen LogP contribution >= 0.6 is 0 Å². The predicted octanol–water partition coefficient (Wildman–Crippen LogP) is 1.84. The average Bonchev–Trinajstić information content (AvgIpc) is 2.76. The molecule has 6 heteroatoms. The maximum absolute atomic E-state index is 9.70. The highest BCUT2D eigenvalue weighted by atomic mass is 16.4. The maximum atomic E-state index is 9.70. The molecular formula is C10H12N4O2. The lowest BCUT2D eigenvalue weighted by atomic mass is 10.1. The molecule has 0 bridgehead atoms. The molecule has 6 nitrogen and oxygen atoms in total. The van der Waals surface area contributed by atoms with Gasteiger partial charge >= 0.3 is 6.01 Å². The first-order valence-corrected chi connectivity index (χ1v) is 4.79. The summed E-state index contributed by atoms with van der Waals surface area (Å²) < 4.78 is 4.97. The second-order valence-corrected chi connectivity index (χ2v) is 3.51. The SMILES string of the molecule is Cc1nc(Nc2nnco2)c(C)c(C)c1O. The molecule has 0 saturated heterocycles. The third kappa shape index (κ3) is 1.69. The van der Waals surface area contributed by atoms with Crippen LogP contribution in [-0.2, 0) is 0 Å². The lowest BCUT2D eigenvalue weighted by molar-refractivity contribution is 0.463. The van der Waals surface area contributed by atoms with E-state index in [0.717, 1.165) is 11.1 Å². The molecule has 0 aromatic carbocycles. The summed E-state index contributed by atoms with van der Waals surface area (Å²) >= 11 is 0. The highest BCUT2D eigenvalue weighted by Gasteiger charge is 2.12. The van der Waals surface area contributed by atoms with Gasteiger partial charge in [0.2, 0.25) is 6.39 Å². The molecule has 0 saturated carbocycles. The third-order valence-corrected chi connectivity index (χ3v) is 2.48. The third-order valence-electron chi connectivity index (χ3n) is 2.48. The van der Waals surface area contributed by atoms with Crippen LogP contribution in [0.4, 0.5) is 11.8 Å². The molecule has 0 radical (unpaired) electrons. The van der Waals surface area contributed by atoms with Crippen molar-refractivity contribution in [2.45, 2.75) is 20.8 Å². The first kappa shape index (κ1) is 10.4. The smallest absolute Gasteiger partial charge is 0.321 e. The summed E-state index contributed by atoms with van der Waals surface area (Å²) in [7, 11) is 0. The van der Waals surface area contributed by atoms with Gasteiger partial charge in [0.25, 0.3) is 0 Å².